The Morgan fingerprint density at radius 3 is 2.18 bits per heavy atom. The Labute approximate surface area is 276 Å². The van der Waals surface area contributed by atoms with Crippen molar-refractivity contribution in [3.05, 3.63) is 54.0 Å². The summed E-state index contributed by atoms with van der Waals surface area (Å²) in [4.78, 5) is 16.8. The summed E-state index contributed by atoms with van der Waals surface area (Å²) in [6, 6.07) is 15.0. The van der Waals surface area contributed by atoms with Crippen LogP contribution in [0.1, 0.15) is 44.2 Å². The summed E-state index contributed by atoms with van der Waals surface area (Å²) in [5, 5.41) is 11.2. The molecule has 2 aromatic heterocycles. The van der Waals surface area contributed by atoms with E-state index >= 15 is 4.39 Å². The number of aromatic amines is 1. The molecule has 3 aliphatic rings. The second-order valence-corrected chi connectivity index (χ2v) is 12.3. The Bertz CT molecular complexity index is 1560. The Hall–Kier alpha value is -2.89. The molecule has 3 fully saturated rings. The van der Waals surface area contributed by atoms with Gasteiger partial charge in [-0.1, -0.05) is 18.2 Å². The van der Waals surface area contributed by atoms with Crippen LogP contribution in [-0.2, 0) is 0 Å². The second kappa shape index (κ2) is 13.6. The minimum Gasteiger partial charge on any atom is -0.369 e. The zero-order chi connectivity index (χ0) is 28.1. The van der Waals surface area contributed by atoms with Gasteiger partial charge in [0, 0.05) is 61.8 Å². The topological polar surface area (TPSA) is 102 Å². The van der Waals surface area contributed by atoms with Gasteiger partial charge in [-0.3, -0.25) is 5.10 Å². The summed E-state index contributed by atoms with van der Waals surface area (Å²) < 4.78 is 15.3. The first-order valence-corrected chi connectivity index (χ1v) is 14.7. The molecule has 2 aliphatic heterocycles. The third kappa shape index (κ3) is 7.00. The molecule has 1 saturated carbocycles. The maximum atomic E-state index is 15.3. The van der Waals surface area contributed by atoms with Gasteiger partial charge in [-0.25, -0.2) is 9.37 Å². The third-order valence-electron chi connectivity index (χ3n) is 8.90. The molecule has 1 aliphatic carbocycles. The van der Waals surface area contributed by atoms with E-state index in [2.05, 4.69) is 80.6 Å². The van der Waals surface area contributed by atoms with Gasteiger partial charge < -0.3 is 25.8 Å². The Morgan fingerprint density at radius 1 is 0.864 bits per heavy atom. The van der Waals surface area contributed by atoms with E-state index in [1.807, 2.05) is 6.07 Å². The molecule has 0 amide bonds. The van der Waals surface area contributed by atoms with E-state index in [4.69, 9.17) is 15.7 Å². The van der Waals surface area contributed by atoms with E-state index in [-0.39, 0.29) is 60.3 Å². The Kier molecular flexibility index (Phi) is 10.5. The summed E-state index contributed by atoms with van der Waals surface area (Å²) in [6.45, 7) is 7.87. The van der Waals surface area contributed by atoms with Gasteiger partial charge >= 0.3 is 0 Å². The van der Waals surface area contributed by atoms with Crippen LogP contribution >= 0.6 is 37.2 Å². The van der Waals surface area contributed by atoms with Crippen molar-refractivity contribution in [1.82, 2.24) is 25.1 Å². The average molecular weight is 665 g/mol. The molecule has 2 aromatic carbocycles. The van der Waals surface area contributed by atoms with Gasteiger partial charge in [0.25, 0.3) is 0 Å². The molecule has 0 radical (unpaired) electrons. The number of piperazine rings is 1. The zero-order valence-corrected chi connectivity index (χ0v) is 27.5. The minimum absolute atomic E-state index is 0. The third-order valence-corrected chi connectivity index (χ3v) is 8.90. The fourth-order valence-corrected chi connectivity index (χ4v) is 5.86. The van der Waals surface area contributed by atoms with Crippen molar-refractivity contribution < 1.29 is 4.39 Å². The predicted molar refractivity (Wildman–Crippen MR) is 184 cm³/mol. The molecule has 238 valence electrons. The Balaban J connectivity index is 0.00000147. The lowest BCUT2D eigenvalue weighted by Crippen LogP contribution is -2.48. The van der Waals surface area contributed by atoms with Gasteiger partial charge in [0.15, 0.2) is 11.6 Å². The highest BCUT2D eigenvalue weighted by molar-refractivity contribution is 5.95. The SMILES string of the molecule is CN1CCN(c2ccc(-c3ccc4nc(N5CCC(C)(N)CC5)nc(Nc5n[nH]c(C6CC6)c5F)c4c3)cc2)CC1.Cl.Cl.Cl. The van der Waals surface area contributed by atoms with Crippen molar-refractivity contribution in [3.63, 3.8) is 0 Å². The number of piperidine rings is 1. The lowest BCUT2D eigenvalue weighted by Gasteiger charge is -2.36. The predicted octanol–water partition coefficient (Wildman–Crippen LogP) is 6.11. The van der Waals surface area contributed by atoms with E-state index in [1.165, 1.54) is 5.69 Å². The smallest absolute Gasteiger partial charge is 0.227 e. The van der Waals surface area contributed by atoms with Gasteiger partial charge in [0.2, 0.25) is 5.95 Å². The number of hydrogen-bond acceptors (Lipinski definition) is 8. The second-order valence-electron chi connectivity index (χ2n) is 12.3. The number of hydrogen-bond donors (Lipinski definition) is 3. The number of anilines is 4. The van der Waals surface area contributed by atoms with Gasteiger partial charge in [0.1, 0.15) is 5.82 Å². The molecule has 4 aromatic rings. The van der Waals surface area contributed by atoms with Gasteiger partial charge in [0.05, 0.1) is 11.2 Å². The fourth-order valence-electron chi connectivity index (χ4n) is 5.86. The first kappa shape index (κ1) is 34.0. The molecule has 0 unspecified atom stereocenters. The molecule has 9 nitrogen and oxygen atoms in total. The maximum absolute atomic E-state index is 15.3. The van der Waals surface area contributed by atoms with Crippen LogP contribution in [0.3, 0.4) is 0 Å². The van der Waals surface area contributed by atoms with Crippen LogP contribution in [-0.4, -0.2) is 76.9 Å². The first-order valence-electron chi connectivity index (χ1n) is 14.7. The number of fused-ring (bicyclic) bond motifs is 1. The number of nitrogens with one attached hydrogen (secondary N) is 2. The van der Waals surface area contributed by atoms with E-state index in [0.717, 1.165) is 87.0 Å². The van der Waals surface area contributed by atoms with Crippen molar-refractivity contribution in [1.29, 1.82) is 0 Å². The number of nitrogens with two attached hydrogens (primary N) is 1. The normalized spacial score (nSPS) is 18.3. The molecule has 0 spiro atoms. The van der Waals surface area contributed by atoms with Crippen LogP contribution in [0.5, 0.6) is 0 Å². The molecule has 44 heavy (non-hydrogen) atoms. The van der Waals surface area contributed by atoms with Gasteiger partial charge in [-0.05, 0) is 75.0 Å². The van der Waals surface area contributed by atoms with E-state index in [0.29, 0.717) is 17.5 Å². The minimum atomic E-state index is -0.326. The summed E-state index contributed by atoms with van der Waals surface area (Å²) in [7, 11) is 2.17. The monoisotopic (exact) mass is 663 g/mol. The van der Waals surface area contributed by atoms with Crippen LogP contribution in [0, 0.1) is 5.82 Å². The lowest BCUT2D eigenvalue weighted by molar-refractivity contribution is 0.313. The standard InChI is InChI=1S/C31H38FN9.3ClH/c1-31(33)11-13-41(14-12-31)30-34-25-10-7-22(20-5-8-23(9-6-20)40-17-15-39(2)16-18-40)19-24(25)28(36-30)35-29-26(32)27(37-38-29)21-3-4-21;;;/h5-10,19,21H,3-4,11-18,33H2,1-2H3,(H2,34,35,36,37,38);3*1H. The van der Waals surface area contributed by atoms with Crippen molar-refractivity contribution in [2.24, 2.45) is 5.73 Å². The average Bonchev–Trinajstić information content (AvgIpc) is 3.76. The van der Waals surface area contributed by atoms with Crippen molar-refractivity contribution in [2.75, 3.05) is 61.4 Å². The number of halogens is 4. The summed E-state index contributed by atoms with van der Waals surface area (Å²) in [5.41, 5.74) is 11.0. The summed E-state index contributed by atoms with van der Waals surface area (Å²) in [6.07, 6.45) is 3.70. The van der Waals surface area contributed by atoms with E-state index in [9.17, 15) is 0 Å². The van der Waals surface area contributed by atoms with Crippen LogP contribution in [0.4, 0.5) is 27.7 Å². The maximum Gasteiger partial charge on any atom is 0.227 e. The lowest BCUT2D eigenvalue weighted by atomic mass is 9.91. The fraction of sp³-hybridized carbons (Fsp3) is 0.452. The summed E-state index contributed by atoms with van der Waals surface area (Å²) in [5.74, 6) is 1.25. The quantitative estimate of drug-likeness (QED) is 0.227. The molecule has 7 rings (SSSR count). The number of rotatable bonds is 6. The number of benzene rings is 2. The van der Waals surface area contributed by atoms with Crippen LogP contribution in [0.25, 0.3) is 22.0 Å². The molecule has 2 saturated heterocycles. The number of likely N-dealkylation sites (N-methyl/N-ethyl adjacent to an activating group) is 1. The van der Waals surface area contributed by atoms with Crippen LogP contribution in [0.15, 0.2) is 42.5 Å². The highest BCUT2D eigenvalue weighted by Crippen LogP contribution is 2.42. The van der Waals surface area contributed by atoms with E-state index in [1.54, 1.807) is 0 Å². The van der Waals surface area contributed by atoms with Gasteiger partial charge in [-0.2, -0.15) is 10.1 Å². The number of aromatic nitrogens is 4. The molecule has 13 heteroatoms. The van der Waals surface area contributed by atoms with Crippen LogP contribution in [0.2, 0.25) is 0 Å². The molecule has 0 atom stereocenters. The summed E-state index contributed by atoms with van der Waals surface area (Å²) >= 11 is 0. The highest BCUT2D eigenvalue weighted by Gasteiger charge is 2.31. The first-order chi connectivity index (χ1) is 19.8. The van der Waals surface area contributed by atoms with Crippen molar-refractivity contribution >= 4 is 71.4 Å². The molecular weight excluding hydrogens is 624 g/mol. The zero-order valence-electron chi connectivity index (χ0n) is 25.1. The largest absolute Gasteiger partial charge is 0.369 e. The van der Waals surface area contributed by atoms with E-state index < -0.39 is 0 Å². The van der Waals surface area contributed by atoms with Gasteiger partial charge in [-0.15, -0.1) is 37.2 Å². The molecule has 0 bridgehead atoms. The number of H-pyrrole nitrogens is 1. The number of nitrogens with zero attached hydrogens (tertiary/aromatic N) is 6. The molecule has 4 heterocycles. The van der Waals surface area contributed by atoms with Crippen LogP contribution < -0.4 is 20.9 Å². The van der Waals surface area contributed by atoms with Crippen molar-refractivity contribution in [3.8, 4) is 11.1 Å². The molecule has 4 N–H and O–H groups in total. The molecular formula is C31H41Cl3FN9. The Morgan fingerprint density at radius 2 is 1.52 bits per heavy atom. The highest BCUT2D eigenvalue weighted by atomic mass is 35.5. The van der Waals surface area contributed by atoms with Crippen molar-refractivity contribution in [2.45, 2.75) is 44.1 Å².